The third-order valence-corrected chi connectivity index (χ3v) is 7.54. The quantitative estimate of drug-likeness (QED) is 0.230. The van der Waals surface area contributed by atoms with E-state index in [0.717, 1.165) is 29.8 Å². The number of nitrogens with two attached hydrogens (primary N) is 1. The van der Waals surface area contributed by atoms with Gasteiger partial charge in [0.2, 0.25) is 21.3 Å². The molecule has 0 saturated heterocycles. The number of nitrogen functional groups attached to an aromatic ring is 1. The van der Waals surface area contributed by atoms with Gasteiger partial charge in [-0.1, -0.05) is 23.2 Å². The Morgan fingerprint density at radius 2 is 1.77 bits per heavy atom. The zero-order valence-electron chi connectivity index (χ0n) is 18.6. The number of methoxy groups -OCH3 is 1. The van der Waals surface area contributed by atoms with Crippen LogP contribution >= 0.6 is 0 Å². The van der Waals surface area contributed by atoms with E-state index in [2.05, 4.69) is 4.98 Å². The molecule has 0 amide bonds. The number of pyridine rings is 2. The first-order chi connectivity index (χ1) is 16.8. The van der Waals surface area contributed by atoms with Crippen LogP contribution in [0.2, 0.25) is 0 Å². The summed E-state index contributed by atoms with van der Waals surface area (Å²) in [5.41, 5.74) is 7.42. The highest BCUT2D eigenvalue weighted by atomic mass is 32.2. The number of benzene rings is 2. The lowest BCUT2D eigenvalue weighted by Crippen LogP contribution is -2.42. The van der Waals surface area contributed by atoms with E-state index in [4.69, 9.17) is 10.5 Å². The fourth-order valence-electron chi connectivity index (χ4n) is 3.90. The van der Waals surface area contributed by atoms with Gasteiger partial charge in [0, 0.05) is 6.20 Å². The highest BCUT2D eigenvalue weighted by molar-refractivity contribution is 7.91. The normalized spacial score (nSPS) is 11.7. The first kappa shape index (κ1) is 22.5. The summed E-state index contributed by atoms with van der Waals surface area (Å²) in [6.45, 7) is 0.147. The number of halogens is 1. The summed E-state index contributed by atoms with van der Waals surface area (Å²) in [5, 5.41) is 0.0806. The third-order valence-electron chi connectivity index (χ3n) is 5.74. The molecular weight excluding hydrogens is 471 g/mol. The molecule has 35 heavy (non-hydrogen) atoms. The van der Waals surface area contributed by atoms with E-state index in [0.29, 0.717) is 11.4 Å². The summed E-state index contributed by atoms with van der Waals surface area (Å²) in [4.78, 5) is 17.6. The summed E-state index contributed by atoms with van der Waals surface area (Å²) in [6, 6.07) is 17.9. The SMILES string of the molecule is COc1ccc(C[n+]2c(N)c(S(=O)(=O)c3ccc(F)cc3)cc3c(=O)n4ccccc4nc32)cc1. The van der Waals surface area contributed by atoms with Gasteiger partial charge in [0.25, 0.3) is 11.2 Å². The van der Waals surface area contributed by atoms with Gasteiger partial charge >= 0.3 is 0 Å². The van der Waals surface area contributed by atoms with Crippen LogP contribution in [0.25, 0.3) is 16.7 Å². The van der Waals surface area contributed by atoms with Crippen molar-refractivity contribution in [3.63, 3.8) is 0 Å². The van der Waals surface area contributed by atoms with Crippen molar-refractivity contribution in [2.75, 3.05) is 12.8 Å². The number of anilines is 1. The number of fused-ring (bicyclic) bond motifs is 2. The largest absolute Gasteiger partial charge is 0.497 e. The maximum absolute atomic E-state index is 13.5. The summed E-state index contributed by atoms with van der Waals surface area (Å²) >= 11 is 0. The van der Waals surface area contributed by atoms with Crippen molar-refractivity contribution in [2.24, 2.45) is 0 Å². The summed E-state index contributed by atoms with van der Waals surface area (Å²) in [5.74, 6) is -0.00433. The predicted octanol–water partition coefficient (Wildman–Crippen LogP) is 2.75. The van der Waals surface area contributed by atoms with Crippen LogP contribution in [0, 0.1) is 5.82 Å². The van der Waals surface area contributed by atoms with Crippen molar-refractivity contribution in [3.8, 4) is 5.75 Å². The highest BCUT2D eigenvalue weighted by Crippen LogP contribution is 2.27. The van der Waals surface area contributed by atoms with Gasteiger partial charge in [-0.25, -0.2) is 17.4 Å². The maximum Gasteiger partial charge on any atom is 0.278 e. The minimum atomic E-state index is -4.18. The molecule has 2 aromatic carbocycles. The van der Waals surface area contributed by atoms with E-state index in [-0.39, 0.29) is 33.2 Å². The molecule has 176 valence electrons. The molecular formula is C25H20FN4O4S+. The van der Waals surface area contributed by atoms with Crippen LogP contribution in [0.15, 0.2) is 93.6 Å². The number of hydrogen-bond acceptors (Lipinski definition) is 6. The van der Waals surface area contributed by atoms with Crippen LogP contribution in [-0.2, 0) is 16.4 Å². The van der Waals surface area contributed by atoms with Gasteiger partial charge < -0.3 is 10.5 Å². The van der Waals surface area contributed by atoms with Gasteiger partial charge in [0.15, 0.2) is 0 Å². The number of sulfone groups is 1. The second kappa shape index (κ2) is 8.48. The molecule has 0 saturated carbocycles. The van der Waals surface area contributed by atoms with Crippen LogP contribution in [0.3, 0.4) is 0 Å². The van der Waals surface area contributed by atoms with E-state index < -0.39 is 21.2 Å². The highest BCUT2D eigenvalue weighted by Gasteiger charge is 2.29. The number of hydrogen-bond donors (Lipinski definition) is 1. The molecule has 0 radical (unpaired) electrons. The molecule has 10 heteroatoms. The van der Waals surface area contributed by atoms with E-state index in [1.165, 1.54) is 15.0 Å². The molecule has 0 aliphatic carbocycles. The van der Waals surface area contributed by atoms with E-state index in [1.807, 2.05) is 12.1 Å². The molecule has 3 aromatic heterocycles. The maximum atomic E-state index is 13.5. The predicted molar refractivity (Wildman–Crippen MR) is 128 cm³/mol. The summed E-state index contributed by atoms with van der Waals surface area (Å²) in [6.07, 6.45) is 1.56. The number of rotatable bonds is 5. The molecule has 0 bridgehead atoms. The Morgan fingerprint density at radius 1 is 1.06 bits per heavy atom. The zero-order chi connectivity index (χ0) is 24.7. The number of ether oxygens (including phenoxy) is 1. The smallest absolute Gasteiger partial charge is 0.278 e. The topological polar surface area (TPSA) is 108 Å². The van der Waals surface area contributed by atoms with Crippen molar-refractivity contribution in [1.82, 2.24) is 9.38 Å². The Balaban J connectivity index is 1.82. The molecule has 0 aliphatic rings. The minimum Gasteiger partial charge on any atom is -0.497 e. The summed E-state index contributed by atoms with van der Waals surface area (Å²) < 4.78 is 48.5. The third kappa shape index (κ3) is 3.87. The second-order valence-electron chi connectivity index (χ2n) is 7.87. The molecule has 0 unspecified atom stereocenters. The van der Waals surface area contributed by atoms with Crippen LogP contribution in [0.1, 0.15) is 5.56 Å². The van der Waals surface area contributed by atoms with Gasteiger partial charge in [-0.05, 0) is 60.2 Å². The van der Waals surface area contributed by atoms with E-state index in [9.17, 15) is 17.6 Å². The molecule has 0 fully saturated rings. The lowest BCUT2D eigenvalue weighted by molar-refractivity contribution is -0.651. The Hall–Kier alpha value is -4.31. The van der Waals surface area contributed by atoms with Crippen molar-refractivity contribution in [1.29, 1.82) is 0 Å². The number of nitrogens with zero attached hydrogens (tertiary/aromatic N) is 3. The van der Waals surface area contributed by atoms with Crippen LogP contribution in [0.5, 0.6) is 5.75 Å². The Labute approximate surface area is 199 Å². The Morgan fingerprint density at radius 3 is 2.46 bits per heavy atom. The first-order valence-corrected chi connectivity index (χ1v) is 12.0. The molecule has 8 nitrogen and oxygen atoms in total. The lowest BCUT2D eigenvalue weighted by atomic mass is 10.2. The Bertz CT molecular complexity index is 1750. The minimum absolute atomic E-state index is 0.0806. The van der Waals surface area contributed by atoms with Gasteiger partial charge in [0.05, 0.1) is 18.6 Å². The monoisotopic (exact) mass is 491 g/mol. The fraction of sp³-hybridized carbons (Fsp3) is 0.0800. The number of aromatic nitrogens is 3. The van der Waals surface area contributed by atoms with Crippen LogP contribution in [0.4, 0.5) is 10.2 Å². The van der Waals surface area contributed by atoms with Gasteiger partial charge in [-0.2, -0.15) is 0 Å². The van der Waals surface area contributed by atoms with E-state index >= 15 is 0 Å². The summed E-state index contributed by atoms with van der Waals surface area (Å²) in [7, 11) is -2.62. The molecule has 5 aromatic rings. The average molecular weight is 492 g/mol. The molecule has 5 rings (SSSR count). The van der Waals surface area contributed by atoms with E-state index in [1.54, 1.807) is 43.6 Å². The van der Waals surface area contributed by atoms with Crippen LogP contribution in [-0.4, -0.2) is 24.9 Å². The average Bonchev–Trinajstić information content (AvgIpc) is 2.86. The van der Waals surface area contributed by atoms with Crippen LogP contribution < -0.4 is 20.6 Å². The van der Waals surface area contributed by atoms with Gasteiger partial charge in [0.1, 0.15) is 21.8 Å². The first-order valence-electron chi connectivity index (χ1n) is 10.6. The van der Waals surface area contributed by atoms with Crippen molar-refractivity contribution in [2.45, 2.75) is 16.3 Å². The zero-order valence-corrected chi connectivity index (χ0v) is 19.4. The van der Waals surface area contributed by atoms with Gasteiger partial charge in [-0.15, -0.1) is 0 Å². The molecule has 2 N–H and O–H groups in total. The fourth-order valence-corrected chi connectivity index (χ4v) is 5.31. The molecule has 3 heterocycles. The Kier molecular flexibility index (Phi) is 5.45. The standard InChI is InChI=1S/C25H19FN4O4S/c1-34-18-9-5-16(6-10-18)15-30-23(27)21(35(32,33)19-11-7-17(26)8-12-19)14-20-24(30)28-22-4-2-3-13-29(22)25(20)31/h2-14,27H,15H2,1H3/p+1. The second-order valence-corrected chi connectivity index (χ2v) is 9.79. The molecule has 0 atom stereocenters. The molecule has 0 spiro atoms. The van der Waals surface area contributed by atoms with Crippen molar-refractivity contribution < 1.29 is 22.1 Å². The molecule has 0 aliphatic heterocycles. The lowest BCUT2D eigenvalue weighted by Gasteiger charge is -2.13. The van der Waals surface area contributed by atoms with Crippen molar-refractivity contribution in [3.05, 3.63) is 101 Å². The van der Waals surface area contributed by atoms with Gasteiger partial charge in [-0.3, -0.25) is 9.20 Å². The van der Waals surface area contributed by atoms with Crippen molar-refractivity contribution >= 4 is 32.3 Å².